The van der Waals surface area contributed by atoms with Gasteiger partial charge in [0.05, 0.1) is 18.2 Å². The molecule has 0 radical (unpaired) electrons. The number of ether oxygens (including phenoxy) is 1. The lowest BCUT2D eigenvalue weighted by molar-refractivity contribution is -0.121. The zero-order chi connectivity index (χ0) is 20.6. The molecule has 6 heteroatoms. The van der Waals surface area contributed by atoms with Crippen LogP contribution in [-0.2, 0) is 11.2 Å². The van der Waals surface area contributed by atoms with Crippen molar-refractivity contribution in [2.45, 2.75) is 32.1 Å². The number of nitrogens with zero attached hydrogens (tertiary/aromatic N) is 1. The van der Waals surface area contributed by atoms with Crippen LogP contribution in [0.1, 0.15) is 52.0 Å². The molecule has 1 aliphatic heterocycles. The van der Waals surface area contributed by atoms with Crippen LogP contribution in [0.4, 0.5) is 0 Å². The molecule has 1 N–H and O–H groups in total. The third kappa shape index (κ3) is 5.02. The molecule has 0 aliphatic carbocycles. The number of para-hydroxylation sites is 1. The topological polar surface area (TPSA) is 75.7 Å². The Kier molecular flexibility index (Phi) is 7.00. The molecule has 0 unspecified atom stereocenters. The van der Waals surface area contributed by atoms with E-state index in [0.29, 0.717) is 30.5 Å². The number of carbonyl (C=O) groups is 3. The molecule has 0 aromatic heterocycles. The van der Waals surface area contributed by atoms with Crippen molar-refractivity contribution >= 4 is 17.7 Å². The van der Waals surface area contributed by atoms with E-state index in [4.69, 9.17) is 4.74 Å². The Bertz CT molecular complexity index is 859. The Morgan fingerprint density at radius 1 is 0.931 bits per heavy atom. The number of unbranched alkanes of at least 4 members (excludes halogenated alkanes) is 1. The molecule has 3 amide bonds. The zero-order valence-corrected chi connectivity index (χ0v) is 16.6. The highest BCUT2D eigenvalue weighted by Gasteiger charge is 2.34. The second kappa shape index (κ2) is 9.87. The average molecular weight is 394 g/mol. The predicted molar refractivity (Wildman–Crippen MR) is 110 cm³/mol. The van der Waals surface area contributed by atoms with Crippen molar-refractivity contribution in [3.63, 3.8) is 0 Å². The fraction of sp³-hybridized carbons (Fsp3) is 0.348. The van der Waals surface area contributed by atoms with Gasteiger partial charge < -0.3 is 10.1 Å². The van der Waals surface area contributed by atoms with E-state index >= 15 is 0 Å². The maximum absolute atomic E-state index is 12.3. The molecule has 1 heterocycles. The van der Waals surface area contributed by atoms with E-state index in [9.17, 15) is 14.4 Å². The number of amides is 3. The third-order valence-corrected chi connectivity index (χ3v) is 5.05. The highest BCUT2D eigenvalue weighted by Crippen LogP contribution is 2.22. The second-order valence-corrected chi connectivity index (χ2v) is 7.03. The van der Waals surface area contributed by atoms with Crippen LogP contribution in [-0.4, -0.2) is 42.8 Å². The number of hydrogen-bond acceptors (Lipinski definition) is 4. The van der Waals surface area contributed by atoms with Crippen molar-refractivity contribution in [2.24, 2.45) is 0 Å². The minimum atomic E-state index is -0.276. The summed E-state index contributed by atoms with van der Waals surface area (Å²) in [5.74, 6) is 0.285. The molecule has 29 heavy (non-hydrogen) atoms. The maximum atomic E-state index is 12.3. The van der Waals surface area contributed by atoms with Gasteiger partial charge in [-0.3, -0.25) is 19.3 Å². The number of carbonyl (C=O) groups excluding carboxylic acids is 3. The zero-order valence-electron chi connectivity index (χ0n) is 16.6. The van der Waals surface area contributed by atoms with Crippen molar-refractivity contribution in [1.29, 1.82) is 0 Å². The summed E-state index contributed by atoms with van der Waals surface area (Å²) < 4.78 is 5.34. The van der Waals surface area contributed by atoms with Gasteiger partial charge in [0, 0.05) is 19.5 Å². The van der Waals surface area contributed by atoms with Crippen molar-refractivity contribution in [3.8, 4) is 5.75 Å². The van der Waals surface area contributed by atoms with Crippen molar-refractivity contribution in [3.05, 3.63) is 65.2 Å². The summed E-state index contributed by atoms with van der Waals surface area (Å²) in [5, 5.41) is 2.90. The second-order valence-electron chi connectivity index (χ2n) is 7.03. The molecular weight excluding hydrogens is 368 g/mol. The smallest absolute Gasteiger partial charge is 0.261 e. The van der Waals surface area contributed by atoms with Crippen LogP contribution in [0.25, 0.3) is 0 Å². The summed E-state index contributed by atoms with van der Waals surface area (Å²) >= 11 is 0. The highest BCUT2D eigenvalue weighted by atomic mass is 16.5. The maximum Gasteiger partial charge on any atom is 0.261 e. The highest BCUT2D eigenvalue weighted by molar-refractivity contribution is 6.21. The van der Waals surface area contributed by atoms with Gasteiger partial charge in [0.2, 0.25) is 5.91 Å². The van der Waals surface area contributed by atoms with Gasteiger partial charge in [-0.2, -0.15) is 0 Å². The van der Waals surface area contributed by atoms with Crippen LogP contribution in [0, 0.1) is 0 Å². The van der Waals surface area contributed by atoms with Crippen molar-refractivity contribution in [2.75, 3.05) is 20.2 Å². The van der Waals surface area contributed by atoms with Gasteiger partial charge in [-0.25, -0.2) is 0 Å². The summed E-state index contributed by atoms with van der Waals surface area (Å²) in [7, 11) is 1.67. The Balaban J connectivity index is 1.32. The largest absolute Gasteiger partial charge is 0.496 e. The van der Waals surface area contributed by atoms with E-state index in [1.165, 1.54) is 10.5 Å². The first kappa shape index (κ1) is 20.6. The number of nitrogens with one attached hydrogen (secondary N) is 1. The van der Waals surface area contributed by atoms with Crippen LogP contribution in [0.15, 0.2) is 48.5 Å². The number of aryl methyl sites for hydroxylation is 1. The van der Waals surface area contributed by atoms with Gasteiger partial charge in [0.1, 0.15) is 5.75 Å². The molecule has 3 rings (SSSR count). The Labute approximate surface area is 170 Å². The van der Waals surface area contributed by atoms with Crippen LogP contribution in [0.2, 0.25) is 0 Å². The fourth-order valence-corrected chi connectivity index (χ4v) is 3.51. The molecule has 0 saturated carbocycles. The minimum Gasteiger partial charge on any atom is -0.496 e. The molecular formula is C23H26N2O4. The lowest BCUT2D eigenvalue weighted by atomic mass is 10.1. The van der Waals surface area contributed by atoms with E-state index in [2.05, 4.69) is 11.4 Å². The van der Waals surface area contributed by atoms with E-state index in [1.54, 1.807) is 31.4 Å². The Hall–Kier alpha value is -3.15. The fourth-order valence-electron chi connectivity index (χ4n) is 3.51. The van der Waals surface area contributed by atoms with Crippen molar-refractivity contribution < 1.29 is 19.1 Å². The first-order chi connectivity index (χ1) is 14.1. The molecule has 0 spiro atoms. The number of rotatable bonds is 10. The van der Waals surface area contributed by atoms with Gasteiger partial charge in [0.25, 0.3) is 11.8 Å². The minimum absolute atomic E-state index is 0.0566. The van der Waals surface area contributed by atoms with E-state index in [1.807, 2.05) is 18.2 Å². The molecule has 1 aliphatic rings. The van der Waals surface area contributed by atoms with Gasteiger partial charge >= 0.3 is 0 Å². The SMILES string of the molecule is COc1ccccc1CCCCNC(=O)CCCN1C(=O)c2ccccc2C1=O. The quantitative estimate of drug-likeness (QED) is 0.496. The Morgan fingerprint density at radius 3 is 2.28 bits per heavy atom. The molecule has 0 saturated heterocycles. The molecule has 2 aromatic carbocycles. The monoisotopic (exact) mass is 394 g/mol. The molecule has 0 bridgehead atoms. The van der Waals surface area contributed by atoms with Crippen LogP contribution >= 0.6 is 0 Å². The first-order valence-corrected chi connectivity index (χ1v) is 9.95. The summed E-state index contributed by atoms with van der Waals surface area (Å²) in [6.07, 6.45) is 3.48. The Morgan fingerprint density at radius 2 is 1.59 bits per heavy atom. The van der Waals surface area contributed by atoms with Crippen LogP contribution in [0.3, 0.4) is 0 Å². The van der Waals surface area contributed by atoms with E-state index < -0.39 is 0 Å². The molecule has 6 nitrogen and oxygen atoms in total. The number of methoxy groups -OCH3 is 1. The van der Waals surface area contributed by atoms with Gasteiger partial charge in [-0.05, 0) is 49.4 Å². The lowest BCUT2D eigenvalue weighted by Gasteiger charge is -2.13. The number of benzene rings is 2. The molecule has 152 valence electrons. The van der Waals surface area contributed by atoms with Crippen LogP contribution in [0.5, 0.6) is 5.75 Å². The van der Waals surface area contributed by atoms with E-state index in [-0.39, 0.29) is 24.3 Å². The summed E-state index contributed by atoms with van der Waals surface area (Å²) in [6.45, 7) is 0.870. The average Bonchev–Trinajstić information content (AvgIpc) is 2.99. The summed E-state index contributed by atoms with van der Waals surface area (Å²) in [6, 6.07) is 14.8. The standard InChI is InChI=1S/C23H26N2O4/c1-29-20-13-5-2-9-17(20)10-6-7-15-24-21(26)14-8-16-25-22(27)18-11-3-4-12-19(18)23(25)28/h2-5,9,11-13H,6-8,10,14-16H2,1H3,(H,24,26). The predicted octanol–water partition coefficient (Wildman–Crippen LogP) is 3.21. The normalized spacial score (nSPS) is 12.8. The first-order valence-electron chi connectivity index (χ1n) is 9.95. The molecule has 0 fully saturated rings. The number of imide groups is 1. The van der Waals surface area contributed by atoms with Crippen molar-refractivity contribution in [1.82, 2.24) is 10.2 Å². The van der Waals surface area contributed by atoms with Gasteiger partial charge in [-0.15, -0.1) is 0 Å². The van der Waals surface area contributed by atoms with Gasteiger partial charge in [-0.1, -0.05) is 30.3 Å². The number of fused-ring (bicyclic) bond motifs is 1. The third-order valence-electron chi connectivity index (χ3n) is 5.05. The molecule has 0 atom stereocenters. The summed E-state index contributed by atoms with van der Waals surface area (Å²) in [5.41, 5.74) is 2.05. The summed E-state index contributed by atoms with van der Waals surface area (Å²) in [4.78, 5) is 37.8. The van der Waals surface area contributed by atoms with E-state index in [0.717, 1.165) is 25.0 Å². The molecule has 2 aromatic rings. The van der Waals surface area contributed by atoms with Gasteiger partial charge in [0.15, 0.2) is 0 Å². The lowest BCUT2D eigenvalue weighted by Crippen LogP contribution is -2.32. The van der Waals surface area contributed by atoms with Crippen LogP contribution < -0.4 is 10.1 Å². The number of hydrogen-bond donors (Lipinski definition) is 1.